The number of fused-ring (bicyclic) bond motifs is 1. The summed E-state index contributed by atoms with van der Waals surface area (Å²) < 4.78 is 0. The van der Waals surface area contributed by atoms with Crippen LogP contribution in [0.3, 0.4) is 0 Å². The van der Waals surface area contributed by atoms with E-state index in [4.69, 9.17) is 0 Å². The van der Waals surface area contributed by atoms with Crippen molar-refractivity contribution in [3.05, 3.63) is 0 Å². The first-order valence-electron chi connectivity index (χ1n) is 3.73. The zero-order valence-corrected chi connectivity index (χ0v) is 5.78. The van der Waals surface area contributed by atoms with Crippen molar-refractivity contribution < 1.29 is 0 Å². The molecule has 0 amide bonds. The highest BCUT2D eigenvalue weighted by Gasteiger charge is 2.56. The molecule has 0 spiro atoms. The molecule has 0 nitrogen and oxygen atoms in total. The van der Waals surface area contributed by atoms with Gasteiger partial charge in [-0.3, -0.25) is 0 Å². The zero-order valence-electron chi connectivity index (χ0n) is 5.78. The molecule has 0 aromatic rings. The maximum Gasteiger partial charge on any atom is -0.0269 e. The maximum absolute atomic E-state index is 2.45. The molecule has 46 valence electrons. The van der Waals surface area contributed by atoms with Gasteiger partial charge in [-0.2, -0.15) is 0 Å². The summed E-state index contributed by atoms with van der Waals surface area (Å²) in [6.07, 6.45) is 4.56. The molecule has 3 atom stereocenters. The summed E-state index contributed by atoms with van der Waals surface area (Å²) in [6, 6.07) is 0. The van der Waals surface area contributed by atoms with Crippen LogP contribution in [0.25, 0.3) is 0 Å². The Balaban J connectivity index is 2.19. The predicted molar refractivity (Wildman–Crippen MR) is 34.6 cm³/mol. The number of hydrogen-bond donors (Lipinski definition) is 0. The highest BCUT2D eigenvalue weighted by atomic mass is 14.6. The van der Waals surface area contributed by atoms with Gasteiger partial charge in [0.05, 0.1) is 0 Å². The lowest BCUT2D eigenvalue weighted by atomic mass is 9.95. The van der Waals surface area contributed by atoms with Crippen molar-refractivity contribution in [1.82, 2.24) is 0 Å². The molecule has 0 aromatic heterocycles. The van der Waals surface area contributed by atoms with Gasteiger partial charge in [0.1, 0.15) is 0 Å². The Morgan fingerprint density at radius 3 is 2.25 bits per heavy atom. The standard InChI is InChI=1S/C8H14/c1-6-3-4-7-5-8(6,7)2/h6-7H,3-5H2,1-2H3/t6-,7?,8-/m0/s1. The summed E-state index contributed by atoms with van der Waals surface area (Å²) in [6.45, 7) is 4.86. The van der Waals surface area contributed by atoms with Crippen molar-refractivity contribution in [3.8, 4) is 0 Å². The van der Waals surface area contributed by atoms with Crippen LogP contribution in [0.15, 0.2) is 0 Å². The van der Waals surface area contributed by atoms with Crippen molar-refractivity contribution in [2.45, 2.75) is 33.1 Å². The monoisotopic (exact) mass is 110 g/mol. The normalized spacial score (nSPS) is 60.8. The second-order valence-corrected chi connectivity index (χ2v) is 3.89. The maximum atomic E-state index is 2.45. The minimum absolute atomic E-state index is 0.819. The van der Waals surface area contributed by atoms with Crippen molar-refractivity contribution >= 4 is 0 Å². The third kappa shape index (κ3) is 0.375. The molecule has 0 heterocycles. The van der Waals surface area contributed by atoms with Crippen molar-refractivity contribution in [1.29, 1.82) is 0 Å². The van der Waals surface area contributed by atoms with Crippen LogP contribution in [0.1, 0.15) is 33.1 Å². The number of rotatable bonds is 0. The summed E-state index contributed by atoms with van der Waals surface area (Å²) in [4.78, 5) is 0. The first-order valence-corrected chi connectivity index (χ1v) is 3.73. The Bertz CT molecular complexity index is 115. The Morgan fingerprint density at radius 2 is 2.12 bits per heavy atom. The van der Waals surface area contributed by atoms with Gasteiger partial charge < -0.3 is 0 Å². The van der Waals surface area contributed by atoms with Crippen LogP contribution < -0.4 is 0 Å². The second-order valence-electron chi connectivity index (χ2n) is 3.89. The van der Waals surface area contributed by atoms with E-state index in [9.17, 15) is 0 Å². The highest BCUT2D eigenvalue weighted by Crippen LogP contribution is 2.65. The van der Waals surface area contributed by atoms with Gasteiger partial charge in [0.25, 0.3) is 0 Å². The summed E-state index contributed by atoms with van der Waals surface area (Å²) in [5.74, 6) is 2.17. The average molecular weight is 110 g/mol. The van der Waals surface area contributed by atoms with Crippen LogP contribution in [-0.2, 0) is 0 Å². The minimum atomic E-state index is 0.819. The fraction of sp³-hybridized carbons (Fsp3) is 1.00. The molecular formula is C8H14. The van der Waals surface area contributed by atoms with Crippen molar-refractivity contribution in [2.75, 3.05) is 0 Å². The topological polar surface area (TPSA) is 0 Å². The van der Waals surface area contributed by atoms with Gasteiger partial charge >= 0.3 is 0 Å². The highest BCUT2D eigenvalue weighted by molar-refractivity contribution is 5.06. The van der Waals surface area contributed by atoms with E-state index in [0.29, 0.717) is 0 Å². The van der Waals surface area contributed by atoms with Crippen molar-refractivity contribution in [3.63, 3.8) is 0 Å². The van der Waals surface area contributed by atoms with Crippen LogP contribution in [0.4, 0.5) is 0 Å². The first kappa shape index (κ1) is 4.84. The predicted octanol–water partition coefficient (Wildman–Crippen LogP) is 2.44. The largest absolute Gasteiger partial charge is 0.0620 e. The van der Waals surface area contributed by atoms with Crippen molar-refractivity contribution in [2.24, 2.45) is 17.3 Å². The molecule has 0 N–H and O–H groups in total. The molecule has 2 saturated carbocycles. The zero-order chi connectivity index (χ0) is 5.78. The van der Waals surface area contributed by atoms with E-state index in [2.05, 4.69) is 13.8 Å². The Labute approximate surface area is 51.3 Å². The lowest BCUT2D eigenvalue weighted by Gasteiger charge is -2.10. The Hall–Kier alpha value is 0. The Kier molecular flexibility index (Phi) is 0.678. The van der Waals surface area contributed by atoms with Crippen LogP contribution in [0.2, 0.25) is 0 Å². The van der Waals surface area contributed by atoms with Gasteiger partial charge in [-0.15, -0.1) is 0 Å². The van der Waals surface area contributed by atoms with E-state index >= 15 is 0 Å². The first-order chi connectivity index (χ1) is 3.73. The molecule has 1 unspecified atom stereocenters. The molecule has 2 rings (SSSR count). The fourth-order valence-electron chi connectivity index (χ4n) is 2.29. The van der Waals surface area contributed by atoms with Gasteiger partial charge in [0.2, 0.25) is 0 Å². The summed E-state index contributed by atoms with van der Waals surface area (Å²) in [5, 5.41) is 0. The molecule has 0 aromatic carbocycles. The molecule has 0 heteroatoms. The summed E-state index contributed by atoms with van der Waals surface area (Å²) >= 11 is 0. The second kappa shape index (κ2) is 1.12. The average Bonchev–Trinajstić information content (AvgIpc) is 2.31. The van der Waals surface area contributed by atoms with Crippen LogP contribution >= 0.6 is 0 Å². The third-order valence-corrected chi connectivity index (χ3v) is 3.53. The van der Waals surface area contributed by atoms with Crippen LogP contribution in [0.5, 0.6) is 0 Å². The van der Waals surface area contributed by atoms with E-state index in [1.54, 1.807) is 0 Å². The minimum Gasteiger partial charge on any atom is -0.0620 e. The molecule has 8 heavy (non-hydrogen) atoms. The summed E-state index contributed by atoms with van der Waals surface area (Å²) in [7, 11) is 0. The molecule has 0 bridgehead atoms. The molecule has 2 fully saturated rings. The fourth-order valence-corrected chi connectivity index (χ4v) is 2.29. The van der Waals surface area contributed by atoms with Gasteiger partial charge in [0.15, 0.2) is 0 Å². The Morgan fingerprint density at radius 1 is 1.38 bits per heavy atom. The van der Waals surface area contributed by atoms with E-state index in [0.717, 1.165) is 17.3 Å². The van der Waals surface area contributed by atoms with Crippen LogP contribution in [-0.4, -0.2) is 0 Å². The van der Waals surface area contributed by atoms with E-state index in [1.165, 1.54) is 19.3 Å². The van der Waals surface area contributed by atoms with Gasteiger partial charge in [0, 0.05) is 0 Å². The quantitative estimate of drug-likeness (QED) is 0.449. The van der Waals surface area contributed by atoms with Crippen LogP contribution in [0, 0.1) is 17.3 Å². The third-order valence-electron chi connectivity index (χ3n) is 3.53. The SMILES string of the molecule is C[C@H]1CCC2C[C@]21C. The van der Waals surface area contributed by atoms with Gasteiger partial charge in [-0.05, 0) is 36.5 Å². The molecule has 0 saturated heterocycles. The van der Waals surface area contributed by atoms with E-state index in [1.807, 2.05) is 0 Å². The molecule has 2 aliphatic rings. The van der Waals surface area contributed by atoms with E-state index < -0.39 is 0 Å². The molecule has 0 aliphatic heterocycles. The van der Waals surface area contributed by atoms with Gasteiger partial charge in [-0.1, -0.05) is 13.8 Å². The molecular weight excluding hydrogens is 96.1 g/mol. The summed E-state index contributed by atoms with van der Waals surface area (Å²) in [5.41, 5.74) is 0.819. The van der Waals surface area contributed by atoms with E-state index in [-0.39, 0.29) is 0 Å². The number of hydrogen-bond acceptors (Lipinski definition) is 0. The lowest BCUT2D eigenvalue weighted by molar-refractivity contribution is 0.390. The lowest BCUT2D eigenvalue weighted by Crippen LogP contribution is -2.02. The molecule has 2 aliphatic carbocycles. The molecule has 0 radical (unpaired) electrons. The van der Waals surface area contributed by atoms with Gasteiger partial charge in [-0.25, -0.2) is 0 Å². The smallest absolute Gasteiger partial charge is 0.0269 e.